The van der Waals surface area contributed by atoms with Gasteiger partial charge in [0.15, 0.2) is 0 Å². The monoisotopic (exact) mass is 324 g/mol. The van der Waals surface area contributed by atoms with E-state index in [-0.39, 0.29) is 24.9 Å². The zero-order chi connectivity index (χ0) is 16.3. The molecule has 1 aromatic carbocycles. The molecule has 0 aromatic heterocycles. The quantitative estimate of drug-likeness (QED) is 0.827. The Balaban J connectivity index is 1.96. The van der Waals surface area contributed by atoms with Gasteiger partial charge in [-0.05, 0) is 31.4 Å². The van der Waals surface area contributed by atoms with Gasteiger partial charge in [-0.25, -0.2) is 8.42 Å². The summed E-state index contributed by atoms with van der Waals surface area (Å²) in [5.41, 5.74) is 2.48. The van der Waals surface area contributed by atoms with Crippen LogP contribution in [0.25, 0.3) is 0 Å². The van der Waals surface area contributed by atoms with E-state index in [1.54, 1.807) is 0 Å². The third-order valence-electron chi connectivity index (χ3n) is 4.03. The molecule has 1 aliphatic rings. The molecule has 1 amide bonds. The molecule has 0 spiro atoms. The Hall–Kier alpha value is -1.40. The first kappa shape index (κ1) is 17.0. The van der Waals surface area contributed by atoms with Crippen LogP contribution in [0, 0.1) is 0 Å². The highest BCUT2D eigenvalue weighted by molar-refractivity contribution is 7.88. The van der Waals surface area contributed by atoms with Crippen LogP contribution in [0.4, 0.5) is 0 Å². The highest BCUT2D eigenvalue weighted by Crippen LogP contribution is 2.19. The lowest BCUT2D eigenvalue weighted by Crippen LogP contribution is -2.41. The summed E-state index contributed by atoms with van der Waals surface area (Å²) in [6.45, 7) is 5.21. The van der Waals surface area contributed by atoms with Crippen molar-refractivity contribution in [2.24, 2.45) is 0 Å². The molecule has 0 fully saturated rings. The second kappa shape index (κ2) is 6.79. The summed E-state index contributed by atoms with van der Waals surface area (Å²) in [5.74, 6) is 0.0174. The third-order valence-corrected chi connectivity index (χ3v) is 5.49. The number of carbonyl (C=O) groups is 1. The minimum Gasteiger partial charge on any atom is -0.338 e. The van der Waals surface area contributed by atoms with Gasteiger partial charge in [-0.15, -0.1) is 0 Å². The van der Waals surface area contributed by atoms with E-state index < -0.39 is 10.0 Å². The van der Waals surface area contributed by atoms with E-state index in [0.717, 1.165) is 6.42 Å². The first-order chi connectivity index (χ1) is 10.3. The molecule has 1 heterocycles. The molecule has 0 saturated carbocycles. The van der Waals surface area contributed by atoms with Crippen LogP contribution in [-0.2, 0) is 27.8 Å². The maximum absolute atomic E-state index is 12.4. The molecule has 0 saturated heterocycles. The zero-order valence-electron chi connectivity index (χ0n) is 13.4. The van der Waals surface area contributed by atoms with Crippen molar-refractivity contribution >= 4 is 15.9 Å². The van der Waals surface area contributed by atoms with Gasteiger partial charge < -0.3 is 4.90 Å². The fourth-order valence-corrected chi connectivity index (χ4v) is 4.07. The standard InChI is InChI=1S/C16H24N2O3S/c1-13(2)18(22(3,20)21)11-9-16(19)17-10-8-14-6-4-5-7-15(14)12-17/h4-7,13H,8-12H2,1-3H3. The van der Waals surface area contributed by atoms with E-state index >= 15 is 0 Å². The van der Waals surface area contributed by atoms with Gasteiger partial charge >= 0.3 is 0 Å². The molecule has 22 heavy (non-hydrogen) atoms. The van der Waals surface area contributed by atoms with Crippen LogP contribution in [-0.4, -0.2) is 48.9 Å². The van der Waals surface area contributed by atoms with Crippen LogP contribution in [0.1, 0.15) is 31.4 Å². The number of benzene rings is 1. The lowest BCUT2D eigenvalue weighted by molar-refractivity contribution is -0.132. The summed E-state index contributed by atoms with van der Waals surface area (Å²) in [7, 11) is -3.28. The lowest BCUT2D eigenvalue weighted by atomic mass is 10.00. The Kier molecular flexibility index (Phi) is 5.24. The second-order valence-corrected chi connectivity index (χ2v) is 7.99. The fraction of sp³-hybridized carbons (Fsp3) is 0.562. The fourth-order valence-electron chi connectivity index (χ4n) is 2.88. The molecule has 0 unspecified atom stereocenters. The number of rotatable bonds is 5. The summed E-state index contributed by atoms with van der Waals surface area (Å²) >= 11 is 0. The molecule has 0 aliphatic carbocycles. The highest BCUT2D eigenvalue weighted by atomic mass is 32.2. The van der Waals surface area contributed by atoms with Crippen LogP contribution in [0.3, 0.4) is 0 Å². The van der Waals surface area contributed by atoms with Gasteiger partial charge in [0.05, 0.1) is 6.26 Å². The molecule has 0 N–H and O–H groups in total. The maximum Gasteiger partial charge on any atom is 0.224 e. The van der Waals surface area contributed by atoms with Crippen molar-refractivity contribution in [3.05, 3.63) is 35.4 Å². The van der Waals surface area contributed by atoms with Crippen LogP contribution < -0.4 is 0 Å². The first-order valence-corrected chi connectivity index (χ1v) is 9.45. The van der Waals surface area contributed by atoms with Crippen LogP contribution >= 0.6 is 0 Å². The minimum absolute atomic E-state index is 0.0174. The predicted molar refractivity (Wildman–Crippen MR) is 86.9 cm³/mol. The normalized spacial score (nSPS) is 15.2. The van der Waals surface area contributed by atoms with E-state index in [9.17, 15) is 13.2 Å². The van der Waals surface area contributed by atoms with Gasteiger partial charge in [0.1, 0.15) is 0 Å². The van der Waals surface area contributed by atoms with Gasteiger partial charge in [0.2, 0.25) is 15.9 Å². The molecule has 1 aliphatic heterocycles. The summed E-state index contributed by atoms with van der Waals surface area (Å²) in [6.07, 6.45) is 2.28. The van der Waals surface area contributed by atoms with Crippen LogP contribution in [0.15, 0.2) is 24.3 Å². The molecule has 2 rings (SSSR count). The van der Waals surface area contributed by atoms with Crippen molar-refractivity contribution < 1.29 is 13.2 Å². The Morgan fingerprint density at radius 1 is 1.27 bits per heavy atom. The average molecular weight is 324 g/mol. The third kappa shape index (κ3) is 4.08. The summed E-state index contributed by atoms with van der Waals surface area (Å²) in [5, 5.41) is 0. The molecular formula is C16H24N2O3S. The number of fused-ring (bicyclic) bond motifs is 1. The molecule has 0 radical (unpaired) electrons. The zero-order valence-corrected chi connectivity index (χ0v) is 14.3. The topological polar surface area (TPSA) is 57.7 Å². The Morgan fingerprint density at radius 2 is 1.91 bits per heavy atom. The van der Waals surface area contributed by atoms with Crippen molar-refractivity contribution in [1.82, 2.24) is 9.21 Å². The van der Waals surface area contributed by atoms with Crippen molar-refractivity contribution in [2.75, 3.05) is 19.3 Å². The van der Waals surface area contributed by atoms with Crippen molar-refractivity contribution in [3.8, 4) is 0 Å². The Labute approximate surface area is 133 Å². The summed E-state index contributed by atoms with van der Waals surface area (Å²) in [4.78, 5) is 14.2. The van der Waals surface area contributed by atoms with E-state index in [0.29, 0.717) is 13.1 Å². The number of hydrogen-bond acceptors (Lipinski definition) is 3. The lowest BCUT2D eigenvalue weighted by Gasteiger charge is -2.30. The number of nitrogens with zero attached hydrogens (tertiary/aromatic N) is 2. The van der Waals surface area contributed by atoms with Gasteiger partial charge in [0.25, 0.3) is 0 Å². The van der Waals surface area contributed by atoms with Crippen molar-refractivity contribution in [2.45, 2.75) is 39.3 Å². The Bertz CT molecular complexity index is 641. The first-order valence-electron chi connectivity index (χ1n) is 7.60. The number of hydrogen-bond donors (Lipinski definition) is 0. The summed E-state index contributed by atoms with van der Waals surface area (Å²) in [6, 6.07) is 8.01. The number of carbonyl (C=O) groups excluding carboxylic acids is 1. The van der Waals surface area contributed by atoms with Crippen LogP contribution in [0.2, 0.25) is 0 Å². The van der Waals surface area contributed by atoms with Gasteiger partial charge in [-0.1, -0.05) is 24.3 Å². The minimum atomic E-state index is -3.28. The predicted octanol–water partition coefficient (Wildman–Crippen LogP) is 1.63. The second-order valence-electron chi connectivity index (χ2n) is 6.05. The molecule has 6 heteroatoms. The van der Waals surface area contributed by atoms with E-state index in [1.165, 1.54) is 21.7 Å². The maximum atomic E-state index is 12.4. The highest BCUT2D eigenvalue weighted by Gasteiger charge is 2.24. The molecule has 122 valence electrons. The summed E-state index contributed by atoms with van der Waals surface area (Å²) < 4.78 is 24.8. The largest absolute Gasteiger partial charge is 0.338 e. The van der Waals surface area contributed by atoms with Gasteiger partial charge in [0, 0.05) is 32.1 Å². The SMILES string of the molecule is CC(C)N(CCC(=O)N1CCc2ccccc2C1)S(C)(=O)=O. The van der Waals surface area contributed by atoms with Crippen molar-refractivity contribution in [3.63, 3.8) is 0 Å². The Morgan fingerprint density at radius 3 is 2.50 bits per heavy atom. The van der Waals surface area contributed by atoms with Gasteiger partial charge in [-0.2, -0.15) is 4.31 Å². The van der Waals surface area contributed by atoms with Crippen LogP contribution in [0.5, 0.6) is 0 Å². The number of amides is 1. The average Bonchev–Trinajstić information content (AvgIpc) is 2.45. The molecular weight excluding hydrogens is 300 g/mol. The molecule has 5 nitrogen and oxygen atoms in total. The molecule has 1 aromatic rings. The van der Waals surface area contributed by atoms with Gasteiger partial charge in [-0.3, -0.25) is 4.79 Å². The number of sulfonamides is 1. The van der Waals surface area contributed by atoms with E-state index in [1.807, 2.05) is 36.9 Å². The molecule has 0 atom stereocenters. The van der Waals surface area contributed by atoms with Crippen molar-refractivity contribution in [1.29, 1.82) is 0 Å². The van der Waals surface area contributed by atoms with E-state index in [2.05, 4.69) is 6.07 Å². The smallest absolute Gasteiger partial charge is 0.224 e. The molecule has 0 bridgehead atoms. The van der Waals surface area contributed by atoms with E-state index in [4.69, 9.17) is 0 Å².